The van der Waals surface area contributed by atoms with E-state index in [4.69, 9.17) is 14.2 Å². The standard InChI is InChI=1S/C11H23NO3/c1-9(7-13-3)14-8-11-5-4-10(15-11)6-12-2/h9-12H,4-8H2,1-3H3. The van der Waals surface area contributed by atoms with Crippen molar-refractivity contribution in [2.24, 2.45) is 0 Å². The molecule has 3 unspecified atom stereocenters. The van der Waals surface area contributed by atoms with Crippen LogP contribution in [0.15, 0.2) is 0 Å². The zero-order valence-corrected chi connectivity index (χ0v) is 9.99. The maximum Gasteiger partial charge on any atom is 0.0814 e. The monoisotopic (exact) mass is 217 g/mol. The summed E-state index contributed by atoms with van der Waals surface area (Å²) in [6.07, 6.45) is 3.02. The maximum absolute atomic E-state index is 5.80. The largest absolute Gasteiger partial charge is 0.382 e. The van der Waals surface area contributed by atoms with E-state index in [9.17, 15) is 0 Å². The van der Waals surface area contributed by atoms with Crippen LogP contribution in [-0.2, 0) is 14.2 Å². The molecule has 1 rings (SSSR count). The molecule has 15 heavy (non-hydrogen) atoms. The van der Waals surface area contributed by atoms with Crippen LogP contribution in [0.4, 0.5) is 0 Å². The zero-order valence-electron chi connectivity index (χ0n) is 9.99. The third-order valence-corrected chi connectivity index (χ3v) is 2.60. The van der Waals surface area contributed by atoms with Gasteiger partial charge in [0.1, 0.15) is 0 Å². The van der Waals surface area contributed by atoms with Crippen molar-refractivity contribution in [1.82, 2.24) is 5.32 Å². The number of ether oxygens (including phenoxy) is 3. The number of methoxy groups -OCH3 is 1. The van der Waals surface area contributed by atoms with Gasteiger partial charge in [0.2, 0.25) is 0 Å². The molecule has 0 aromatic heterocycles. The van der Waals surface area contributed by atoms with Crippen molar-refractivity contribution in [3.63, 3.8) is 0 Å². The molecule has 1 aliphatic heterocycles. The van der Waals surface area contributed by atoms with E-state index in [0.29, 0.717) is 19.3 Å². The van der Waals surface area contributed by atoms with E-state index in [0.717, 1.165) is 19.4 Å². The fourth-order valence-corrected chi connectivity index (χ4v) is 1.83. The van der Waals surface area contributed by atoms with Gasteiger partial charge in [-0.05, 0) is 26.8 Å². The van der Waals surface area contributed by atoms with Crippen molar-refractivity contribution in [2.75, 3.05) is 33.9 Å². The average molecular weight is 217 g/mol. The number of nitrogens with one attached hydrogen (secondary N) is 1. The Balaban J connectivity index is 2.08. The van der Waals surface area contributed by atoms with Crippen LogP contribution in [0.2, 0.25) is 0 Å². The summed E-state index contributed by atoms with van der Waals surface area (Å²) >= 11 is 0. The minimum Gasteiger partial charge on any atom is -0.382 e. The van der Waals surface area contributed by atoms with Gasteiger partial charge in [0.15, 0.2) is 0 Å². The molecule has 1 aliphatic rings. The molecule has 1 N–H and O–H groups in total. The van der Waals surface area contributed by atoms with Crippen LogP contribution >= 0.6 is 0 Å². The molecule has 0 radical (unpaired) electrons. The van der Waals surface area contributed by atoms with E-state index < -0.39 is 0 Å². The fraction of sp³-hybridized carbons (Fsp3) is 1.00. The van der Waals surface area contributed by atoms with Crippen LogP contribution in [0, 0.1) is 0 Å². The van der Waals surface area contributed by atoms with Gasteiger partial charge in [-0.2, -0.15) is 0 Å². The Labute approximate surface area is 92.3 Å². The lowest BCUT2D eigenvalue weighted by Gasteiger charge is -2.17. The maximum atomic E-state index is 5.80. The summed E-state index contributed by atoms with van der Waals surface area (Å²) in [5.74, 6) is 0. The molecule has 1 fully saturated rings. The quantitative estimate of drug-likeness (QED) is 0.685. The van der Waals surface area contributed by atoms with Gasteiger partial charge >= 0.3 is 0 Å². The Hall–Kier alpha value is -0.160. The minimum absolute atomic E-state index is 0.155. The Morgan fingerprint density at radius 3 is 2.80 bits per heavy atom. The van der Waals surface area contributed by atoms with E-state index in [1.54, 1.807) is 7.11 Å². The smallest absolute Gasteiger partial charge is 0.0814 e. The van der Waals surface area contributed by atoms with Gasteiger partial charge in [-0.25, -0.2) is 0 Å². The molecule has 3 atom stereocenters. The Bertz CT molecular complexity index is 166. The van der Waals surface area contributed by atoms with Crippen LogP contribution in [-0.4, -0.2) is 52.2 Å². The van der Waals surface area contributed by atoms with Crippen molar-refractivity contribution in [1.29, 1.82) is 0 Å². The predicted molar refractivity (Wildman–Crippen MR) is 59.1 cm³/mol. The third kappa shape index (κ3) is 4.93. The van der Waals surface area contributed by atoms with E-state index in [1.165, 1.54) is 0 Å². The molecule has 0 amide bonds. The van der Waals surface area contributed by atoms with E-state index >= 15 is 0 Å². The summed E-state index contributed by atoms with van der Waals surface area (Å²) in [6.45, 7) is 4.28. The zero-order chi connectivity index (χ0) is 11.1. The molecule has 0 bridgehead atoms. The molecule has 0 saturated carbocycles. The Morgan fingerprint density at radius 1 is 1.40 bits per heavy atom. The van der Waals surface area contributed by atoms with Crippen LogP contribution in [0.1, 0.15) is 19.8 Å². The van der Waals surface area contributed by atoms with Gasteiger partial charge in [0, 0.05) is 13.7 Å². The molecule has 0 spiro atoms. The molecule has 0 aromatic rings. The average Bonchev–Trinajstić information content (AvgIpc) is 2.64. The first kappa shape index (κ1) is 12.9. The second-order valence-electron chi connectivity index (χ2n) is 4.11. The van der Waals surface area contributed by atoms with Crippen LogP contribution in [0.3, 0.4) is 0 Å². The number of hydrogen-bond acceptors (Lipinski definition) is 4. The fourth-order valence-electron chi connectivity index (χ4n) is 1.83. The molecular formula is C11H23NO3. The second kappa shape index (κ2) is 7.17. The van der Waals surface area contributed by atoms with Gasteiger partial charge in [-0.3, -0.25) is 0 Å². The highest BCUT2D eigenvalue weighted by molar-refractivity contribution is 4.74. The number of hydrogen-bond donors (Lipinski definition) is 1. The molecule has 1 saturated heterocycles. The first-order chi connectivity index (χ1) is 7.26. The first-order valence-electron chi connectivity index (χ1n) is 5.66. The predicted octanol–water partition coefficient (Wildman–Crippen LogP) is 0.805. The Kier molecular flexibility index (Phi) is 6.17. The van der Waals surface area contributed by atoms with Gasteiger partial charge in [-0.15, -0.1) is 0 Å². The van der Waals surface area contributed by atoms with Gasteiger partial charge in [0.25, 0.3) is 0 Å². The summed E-state index contributed by atoms with van der Waals surface area (Å²) < 4.78 is 16.4. The molecule has 90 valence electrons. The Morgan fingerprint density at radius 2 is 2.13 bits per heavy atom. The highest BCUT2D eigenvalue weighted by atomic mass is 16.6. The second-order valence-corrected chi connectivity index (χ2v) is 4.11. The van der Waals surface area contributed by atoms with Gasteiger partial charge in [-0.1, -0.05) is 0 Å². The van der Waals surface area contributed by atoms with Crippen molar-refractivity contribution >= 4 is 0 Å². The van der Waals surface area contributed by atoms with Crippen molar-refractivity contribution in [3.05, 3.63) is 0 Å². The van der Waals surface area contributed by atoms with Crippen LogP contribution in [0.5, 0.6) is 0 Å². The first-order valence-corrected chi connectivity index (χ1v) is 5.66. The summed E-state index contributed by atoms with van der Waals surface area (Å²) in [7, 11) is 3.64. The molecule has 0 aliphatic carbocycles. The van der Waals surface area contributed by atoms with Crippen molar-refractivity contribution < 1.29 is 14.2 Å². The minimum atomic E-state index is 0.155. The highest BCUT2D eigenvalue weighted by Gasteiger charge is 2.25. The SMILES string of the molecule is CNCC1CCC(COC(C)COC)O1. The third-order valence-electron chi connectivity index (χ3n) is 2.60. The molecule has 4 nitrogen and oxygen atoms in total. The van der Waals surface area contributed by atoms with E-state index in [2.05, 4.69) is 5.32 Å². The lowest BCUT2D eigenvalue weighted by molar-refractivity contribution is -0.0536. The molecular weight excluding hydrogens is 194 g/mol. The van der Waals surface area contributed by atoms with Gasteiger partial charge in [0.05, 0.1) is 31.5 Å². The topological polar surface area (TPSA) is 39.7 Å². The summed E-state index contributed by atoms with van der Waals surface area (Å²) in [6, 6.07) is 0. The summed E-state index contributed by atoms with van der Waals surface area (Å²) in [5.41, 5.74) is 0. The van der Waals surface area contributed by atoms with E-state index in [-0.39, 0.29) is 12.2 Å². The lowest BCUT2D eigenvalue weighted by atomic mass is 10.2. The van der Waals surface area contributed by atoms with E-state index in [1.807, 2.05) is 14.0 Å². The summed E-state index contributed by atoms with van der Waals surface area (Å²) in [5, 5.41) is 3.13. The highest BCUT2D eigenvalue weighted by Crippen LogP contribution is 2.19. The molecule has 0 aromatic carbocycles. The van der Waals surface area contributed by atoms with Gasteiger partial charge < -0.3 is 19.5 Å². The molecule has 1 heterocycles. The van der Waals surface area contributed by atoms with Crippen LogP contribution < -0.4 is 5.32 Å². The lowest BCUT2D eigenvalue weighted by Crippen LogP contribution is -2.27. The normalized spacial score (nSPS) is 28.2. The number of rotatable bonds is 7. The molecule has 4 heteroatoms. The van der Waals surface area contributed by atoms with Crippen molar-refractivity contribution in [2.45, 2.75) is 38.1 Å². The number of likely N-dealkylation sites (N-methyl/N-ethyl adjacent to an activating group) is 1. The summed E-state index contributed by atoms with van der Waals surface area (Å²) in [4.78, 5) is 0. The van der Waals surface area contributed by atoms with Crippen LogP contribution in [0.25, 0.3) is 0 Å². The van der Waals surface area contributed by atoms with Crippen molar-refractivity contribution in [3.8, 4) is 0 Å².